The van der Waals surface area contributed by atoms with Crippen molar-refractivity contribution in [2.45, 2.75) is 6.54 Å². The molecule has 1 fully saturated rings. The molecular formula is C25H22N6OS. The number of rotatable bonds is 4. The molecule has 0 saturated carbocycles. The zero-order valence-electron chi connectivity index (χ0n) is 18.0. The number of aromatic nitrogens is 4. The number of hydrogen-bond acceptors (Lipinski definition) is 7. The number of piperazine rings is 1. The normalized spacial score (nSPS) is 14.8. The summed E-state index contributed by atoms with van der Waals surface area (Å²) in [4.78, 5) is 32.1. The van der Waals surface area contributed by atoms with Crippen LogP contribution in [-0.4, -0.2) is 50.4 Å². The molecule has 1 saturated heterocycles. The Hall–Kier alpha value is -3.62. The number of hydrogen-bond donors (Lipinski definition) is 0. The molecule has 0 bridgehead atoms. The Balaban J connectivity index is 1.23. The summed E-state index contributed by atoms with van der Waals surface area (Å²) in [5.74, 6) is 0.767. The van der Waals surface area contributed by atoms with Crippen molar-refractivity contribution in [1.82, 2.24) is 24.3 Å². The fourth-order valence-corrected chi connectivity index (χ4v) is 5.06. The van der Waals surface area contributed by atoms with Gasteiger partial charge in [-0.15, -0.1) is 11.3 Å². The molecule has 164 valence electrons. The van der Waals surface area contributed by atoms with Crippen LogP contribution in [0.2, 0.25) is 0 Å². The first-order valence-corrected chi connectivity index (χ1v) is 11.9. The molecule has 3 aromatic heterocycles. The van der Waals surface area contributed by atoms with Gasteiger partial charge in [0.25, 0.3) is 5.56 Å². The minimum Gasteiger partial charge on any atom is -0.338 e. The van der Waals surface area contributed by atoms with E-state index in [2.05, 4.69) is 33.0 Å². The van der Waals surface area contributed by atoms with Crippen LogP contribution in [-0.2, 0) is 6.54 Å². The lowest BCUT2D eigenvalue weighted by molar-refractivity contribution is 0.246. The van der Waals surface area contributed by atoms with E-state index in [1.54, 1.807) is 16.7 Å². The summed E-state index contributed by atoms with van der Waals surface area (Å²) < 4.78 is 1.59. The van der Waals surface area contributed by atoms with E-state index in [1.165, 1.54) is 11.3 Å². The monoisotopic (exact) mass is 454 g/mol. The number of thiazole rings is 1. The average molecular weight is 455 g/mol. The van der Waals surface area contributed by atoms with Gasteiger partial charge in [0.1, 0.15) is 0 Å². The van der Waals surface area contributed by atoms with Crippen LogP contribution in [0.4, 0.5) is 5.95 Å². The van der Waals surface area contributed by atoms with E-state index in [-0.39, 0.29) is 5.56 Å². The van der Waals surface area contributed by atoms with Gasteiger partial charge in [0.2, 0.25) is 5.95 Å². The minimum atomic E-state index is -0.0205. The lowest BCUT2D eigenvalue weighted by atomic mass is 10.1. The predicted octanol–water partition coefficient (Wildman–Crippen LogP) is 3.69. The number of anilines is 1. The number of fused-ring (bicyclic) bond motifs is 2. The largest absolute Gasteiger partial charge is 0.338 e. The Kier molecular flexibility index (Phi) is 5.09. The zero-order valence-corrected chi connectivity index (χ0v) is 18.8. The minimum absolute atomic E-state index is 0.0205. The quantitative estimate of drug-likeness (QED) is 0.413. The third-order valence-corrected chi connectivity index (χ3v) is 6.79. The molecule has 33 heavy (non-hydrogen) atoms. The first kappa shape index (κ1) is 20.0. The summed E-state index contributed by atoms with van der Waals surface area (Å²) in [6.07, 6.45) is 1.77. The van der Waals surface area contributed by atoms with Crippen molar-refractivity contribution in [3.05, 3.63) is 88.3 Å². The highest BCUT2D eigenvalue weighted by Gasteiger charge is 2.21. The van der Waals surface area contributed by atoms with E-state index >= 15 is 0 Å². The van der Waals surface area contributed by atoms with E-state index in [4.69, 9.17) is 9.97 Å². The lowest BCUT2D eigenvalue weighted by Crippen LogP contribution is -2.46. The van der Waals surface area contributed by atoms with Gasteiger partial charge in [-0.2, -0.15) is 0 Å². The highest BCUT2D eigenvalue weighted by Crippen LogP contribution is 2.28. The van der Waals surface area contributed by atoms with Crippen LogP contribution in [0.1, 0.15) is 5.69 Å². The maximum Gasteiger partial charge on any atom is 0.258 e. The summed E-state index contributed by atoms with van der Waals surface area (Å²) in [6.45, 7) is 4.05. The topological polar surface area (TPSA) is 66.6 Å². The maximum atomic E-state index is 12.3. The molecule has 7 nitrogen and oxygen atoms in total. The van der Waals surface area contributed by atoms with Gasteiger partial charge in [0.05, 0.1) is 16.9 Å². The standard InChI is InChI=1S/C25H22N6OS/c32-22-16-19(26-25-31(22)14-15-33-25)17-29-10-12-30(13-11-29)24-27-21-9-5-4-8-20(21)23(28-24)18-6-2-1-3-7-18/h1-9,14-16H,10-13,17H2. The van der Waals surface area contributed by atoms with E-state index in [1.807, 2.05) is 41.8 Å². The van der Waals surface area contributed by atoms with Crippen LogP contribution in [0, 0.1) is 0 Å². The molecule has 1 aliphatic heterocycles. The second-order valence-electron chi connectivity index (χ2n) is 8.16. The first-order chi connectivity index (χ1) is 16.2. The van der Waals surface area contributed by atoms with Crippen molar-refractivity contribution in [1.29, 1.82) is 0 Å². The molecule has 0 atom stereocenters. The molecule has 6 rings (SSSR count). The SMILES string of the molecule is O=c1cc(CN2CCN(c3nc(-c4ccccc4)c4ccccc4n3)CC2)nc2sccn12. The van der Waals surface area contributed by atoms with Gasteiger partial charge < -0.3 is 4.90 Å². The molecule has 0 radical (unpaired) electrons. The Morgan fingerprint density at radius 3 is 2.52 bits per heavy atom. The highest BCUT2D eigenvalue weighted by atomic mass is 32.1. The summed E-state index contributed by atoms with van der Waals surface area (Å²) in [5.41, 5.74) is 3.82. The molecule has 0 N–H and O–H groups in total. The Morgan fingerprint density at radius 1 is 0.879 bits per heavy atom. The van der Waals surface area contributed by atoms with Gasteiger partial charge in [-0.05, 0) is 6.07 Å². The third-order valence-electron chi connectivity index (χ3n) is 6.04. The van der Waals surface area contributed by atoms with Crippen molar-refractivity contribution < 1.29 is 0 Å². The summed E-state index contributed by atoms with van der Waals surface area (Å²) in [6, 6.07) is 20.1. The zero-order chi connectivity index (χ0) is 22.2. The van der Waals surface area contributed by atoms with E-state index in [9.17, 15) is 4.79 Å². The molecule has 0 unspecified atom stereocenters. The fraction of sp³-hybridized carbons (Fsp3) is 0.200. The Bertz CT molecular complexity index is 1490. The van der Waals surface area contributed by atoms with Crippen LogP contribution in [0.25, 0.3) is 27.1 Å². The molecule has 0 aliphatic carbocycles. The van der Waals surface area contributed by atoms with Crippen molar-refractivity contribution in [3.8, 4) is 11.3 Å². The molecule has 1 aliphatic rings. The molecule has 8 heteroatoms. The fourth-order valence-electron chi connectivity index (χ4n) is 4.33. The van der Waals surface area contributed by atoms with Crippen molar-refractivity contribution >= 4 is 33.1 Å². The number of nitrogens with zero attached hydrogens (tertiary/aromatic N) is 6. The van der Waals surface area contributed by atoms with E-state index < -0.39 is 0 Å². The van der Waals surface area contributed by atoms with Crippen LogP contribution in [0.15, 0.2) is 77.0 Å². The molecule has 5 aromatic rings. The van der Waals surface area contributed by atoms with Crippen LogP contribution < -0.4 is 10.5 Å². The first-order valence-electron chi connectivity index (χ1n) is 11.0. The second kappa shape index (κ2) is 8.38. The molecule has 0 amide bonds. The summed E-state index contributed by atoms with van der Waals surface area (Å²) in [7, 11) is 0. The molecular weight excluding hydrogens is 432 g/mol. The van der Waals surface area contributed by atoms with Crippen LogP contribution in [0.5, 0.6) is 0 Å². The Labute approximate surface area is 194 Å². The number of benzene rings is 2. The van der Waals surface area contributed by atoms with E-state index in [0.29, 0.717) is 6.54 Å². The van der Waals surface area contributed by atoms with Gasteiger partial charge in [0, 0.05) is 61.3 Å². The van der Waals surface area contributed by atoms with Crippen molar-refractivity contribution in [2.75, 3.05) is 31.1 Å². The lowest BCUT2D eigenvalue weighted by Gasteiger charge is -2.34. The van der Waals surface area contributed by atoms with Gasteiger partial charge in [-0.3, -0.25) is 14.1 Å². The summed E-state index contributed by atoms with van der Waals surface area (Å²) in [5, 5.41) is 2.95. The van der Waals surface area contributed by atoms with Crippen molar-refractivity contribution in [3.63, 3.8) is 0 Å². The van der Waals surface area contributed by atoms with Crippen molar-refractivity contribution in [2.24, 2.45) is 0 Å². The van der Waals surface area contributed by atoms with Gasteiger partial charge >= 0.3 is 0 Å². The van der Waals surface area contributed by atoms with Gasteiger partial charge in [-0.25, -0.2) is 15.0 Å². The molecule has 2 aromatic carbocycles. The third kappa shape index (κ3) is 3.88. The van der Waals surface area contributed by atoms with Crippen LogP contribution in [0.3, 0.4) is 0 Å². The predicted molar refractivity (Wildman–Crippen MR) is 132 cm³/mol. The highest BCUT2D eigenvalue weighted by molar-refractivity contribution is 7.15. The van der Waals surface area contributed by atoms with E-state index in [0.717, 1.165) is 64.9 Å². The molecule has 0 spiro atoms. The van der Waals surface area contributed by atoms with Gasteiger partial charge in [0.15, 0.2) is 4.96 Å². The average Bonchev–Trinajstić information content (AvgIpc) is 3.34. The maximum absolute atomic E-state index is 12.3. The number of para-hydroxylation sites is 1. The Morgan fingerprint density at radius 2 is 1.67 bits per heavy atom. The summed E-state index contributed by atoms with van der Waals surface area (Å²) >= 11 is 1.48. The van der Waals surface area contributed by atoms with Crippen LogP contribution >= 0.6 is 11.3 Å². The smallest absolute Gasteiger partial charge is 0.258 e. The van der Waals surface area contributed by atoms with Gasteiger partial charge in [-0.1, -0.05) is 48.5 Å². The second-order valence-corrected chi connectivity index (χ2v) is 9.03. The molecule has 4 heterocycles.